The molecule has 1 aliphatic rings. The Labute approximate surface area is 102 Å². The molecule has 0 saturated carbocycles. The molecule has 1 saturated heterocycles. The zero-order valence-corrected chi connectivity index (χ0v) is 10.9. The second-order valence-corrected chi connectivity index (χ2v) is 4.64. The minimum Gasteiger partial charge on any atom is -0.466 e. The molecule has 2 amide bonds. The van der Waals surface area contributed by atoms with Crippen LogP contribution in [-0.2, 0) is 9.53 Å². The summed E-state index contributed by atoms with van der Waals surface area (Å²) in [5.41, 5.74) is 0. The van der Waals surface area contributed by atoms with Crippen molar-refractivity contribution >= 4 is 12.0 Å². The van der Waals surface area contributed by atoms with Crippen LogP contribution in [-0.4, -0.2) is 42.6 Å². The summed E-state index contributed by atoms with van der Waals surface area (Å²) in [5, 5.41) is 2.84. The maximum Gasteiger partial charge on any atom is 0.317 e. The number of nitrogens with one attached hydrogen (secondary N) is 1. The van der Waals surface area contributed by atoms with Crippen molar-refractivity contribution in [3.8, 4) is 0 Å². The molecule has 0 aromatic rings. The van der Waals surface area contributed by atoms with E-state index >= 15 is 0 Å². The summed E-state index contributed by atoms with van der Waals surface area (Å²) in [5.74, 6) is -0.351. The molecule has 1 N–H and O–H groups in total. The van der Waals surface area contributed by atoms with E-state index in [2.05, 4.69) is 5.32 Å². The molecule has 5 nitrogen and oxygen atoms in total. The molecule has 1 unspecified atom stereocenters. The van der Waals surface area contributed by atoms with Crippen molar-refractivity contribution in [3.63, 3.8) is 0 Å². The number of ether oxygens (including phenoxy) is 1. The van der Waals surface area contributed by atoms with E-state index in [0.29, 0.717) is 19.7 Å². The van der Waals surface area contributed by atoms with Crippen molar-refractivity contribution in [3.05, 3.63) is 0 Å². The molecule has 0 spiro atoms. The van der Waals surface area contributed by atoms with Gasteiger partial charge in [-0.05, 0) is 33.6 Å². The normalized spacial score (nSPS) is 20.2. The molecule has 0 aliphatic carbocycles. The Morgan fingerprint density at radius 2 is 2.18 bits per heavy atom. The van der Waals surface area contributed by atoms with E-state index in [4.69, 9.17) is 4.74 Å². The smallest absolute Gasteiger partial charge is 0.317 e. The van der Waals surface area contributed by atoms with Crippen LogP contribution >= 0.6 is 0 Å². The fourth-order valence-electron chi connectivity index (χ4n) is 1.95. The van der Waals surface area contributed by atoms with E-state index in [9.17, 15) is 9.59 Å². The molecule has 1 atom stereocenters. The molecule has 1 rings (SSSR count). The SMILES string of the molecule is CCOC(=O)C1CCCN(C(=O)NC(C)C)C1. The Kier molecular flexibility index (Phi) is 5.25. The van der Waals surface area contributed by atoms with Gasteiger partial charge in [0.2, 0.25) is 0 Å². The van der Waals surface area contributed by atoms with Gasteiger partial charge in [0, 0.05) is 19.1 Å². The average Bonchev–Trinajstić information content (AvgIpc) is 2.28. The second kappa shape index (κ2) is 6.47. The van der Waals surface area contributed by atoms with Crippen LogP contribution in [0.25, 0.3) is 0 Å². The molecular weight excluding hydrogens is 220 g/mol. The van der Waals surface area contributed by atoms with Gasteiger partial charge in [-0.3, -0.25) is 4.79 Å². The highest BCUT2D eigenvalue weighted by molar-refractivity contribution is 5.77. The summed E-state index contributed by atoms with van der Waals surface area (Å²) in [6.45, 7) is 7.22. The molecule has 0 aromatic carbocycles. The van der Waals surface area contributed by atoms with Crippen molar-refractivity contribution in [1.82, 2.24) is 10.2 Å². The third-order valence-corrected chi connectivity index (χ3v) is 2.74. The summed E-state index contributed by atoms with van der Waals surface area (Å²) >= 11 is 0. The lowest BCUT2D eigenvalue weighted by atomic mass is 9.98. The molecule has 0 radical (unpaired) electrons. The number of urea groups is 1. The Morgan fingerprint density at radius 3 is 2.76 bits per heavy atom. The van der Waals surface area contributed by atoms with Gasteiger partial charge in [-0.2, -0.15) is 0 Å². The summed E-state index contributed by atoms with van der Waals surface area (Å²) in [7, 11) is 0. The highest BCUT2D eigenvalue weighted by Crippen LogP contribution is 2.17. The van der Waals surface area contributed by atoms with Gasteiger partial charge in [0.05, 0.1) is 12.5 Å². The van der Waals surface area contributed by atoms with Crippen molar-refractivity contribution in [1.29, 1.82) is 0 Å². The first kappa shape index (κ1) is 13.8. The minimum absolute atomic E-state index is 0.0889. The van der Waals surface area contributed by atoms with E-state index in [1.54, 1.807) is 11.8 Å². The fourth-order valence-corrected chi connectivity index (χ4v) is 1.95. The number of piperidine rings is 1. The summed E-state index contributed by atoms with van der Waals surface area (Å²) in [6.07, 6.45) is 1.67. The van der Waals surface area contributed by atoms with Crippen LogP contribution < -0.4 is 5.32 Å². The Morgan fingerprint density at radius 1 is 1.47 bits per heavy atom. The molecule has 5 heteroatoms. The molecular formula is C12H22N2O3. The zero-order valence-electron chi connectivity index (χ0n) is 10.9. The van der Waals surface area contributed by atoms with E-state index in [-0.39, 0.29) is 24.0 Å². The number of carbonyl (C=O) groups is 2. The number of nitrogens with zero attached hydrogens (tertiary/aromatic N) is 1. The van der Waals surface area contributed by atoms with Gasteiger partial charge in [0.15, 0.2) is 0 Å². The van der Waals surface area contributed by atoms with Crippen LogP contribution in [0.4, 0.5) is 4.79 Å². The molecule has 0 bridgehead atoms. The monoisotopic (exact) mass is 242 g/mol. The number of hydrogen-bond acceptors (Lipinski definition) is 3. The number of amides is 2. The molecule has 98 valence electrons. The van der Waals surface area contributed by atoms with E-state index < -0.39 is 0 Å². The predicted octanol–water partition coefficient (Wildman–Crippen LogP) is 1.38. The quantitative estimate of drug-likeness (QED) is 0.761. The first-order valence-corrected chi connectivity index (χ1v) is 6.26. The fraction of sp³-hybridized carbons (Fsp3) is 0.833. The lowest BCUT2D eigenvalue weighted by molar-refractivity contribution is -0.149. The van der Waals surface area contributed by atoms with E-state index in [1.807, 2.05) is 13.8 Å². The maximum atomic E-state index is 11.8. The topological polar surface area (TPSA) is 58.6 Å². The first-order chi connectivity index (χ1) is 8.04. The minimum atomic E-state index is -0.186. The van der Waals surface area contributed by atoms with Crippen molar-refractivity contribution < 1.29 is 14.3 Å². The van der Waals surface area contributed by atoms with Gasteiger partial charge >= 0.3 is 12.0 Å². The number of likely N-dealkylation sites (tertiary alicyclic amines) is 1. The Hall–Kier alpha value is -1.26. The Bertz CT molecular complexity index is 279. The number of carbonyl (C=O) groups excluding carboxylic acids is 2. The summed E-state index contributed by atoms with van der Waals surface area (Å²) in [4.78, 5) is 25.1. The second-order valence-electron chi connectivity index (χ2n) is 4.64. The van der Waals surface area contributed by atoms with Crippen molar-refractivity contribution in [2.45, 2.75) is 39.7 Å². The summed E-state index contributed by atoms with van der Waals surface area (Å²) in [6, 6.07) is 0.0273. The first-order valence-electron chi connectivity index (χ1n) is 6.26. The van der Waals surface area contributed by atoms with Gasteiger partial charge in [0.1, 0.15) is 0 Å². The predicted molar refractivity (Wildman–Crippen MR) is 64.6 cm³/mol. The largest absolute Gasteiger partial charge is 0.466 e. The van der Waals surface area contributed by atoms with Crippen LogP contribution in [0.1, 0.15) is 33.6 Å². The van der Waals surface area contributed by atoms with Crippen LogP contribution in [0.5, 0.6) is 0 Å². The molecule has 1 heterocycles. The third kappa shape index (κ3) is 4.24. The molecule has 0 aromatic heterocycles. The number of esters is 1. The van der Waals surface area contributed by atoms with Crippen molar-refractivity contribution in [2.75, 3.05) is 19.7 Å². The maximum absolute atomic E-state index is 11.8. The van der Waals surface area contributed by atoms with Gasteiger partial charge in [-0.1, -0.05) is 0 Å². The zero-order chi connectivity index (χ0) is 12.8. The third-order valence-electron chi connectivity index (χ3n) is 2.74. The standard InChI is InChI=1S/C12H22N2O3/c1-4-17-11(15)10-6-5-7-14(8-10)12(16)13-9(2)3/h9-10H,4-8H2,1-3H3,(H,13,16). The van der Waals surface area contributed by atoms with Gasteiger partial charge in [-0.25, -0.2) is 4.79 Å². The van der Waals surface area contributed by atoms with Gasteiger partial charge < -0.3 is 15.0 Å². The highest BCUT2D eigenvalue weighted by Gasteiger charge is 2.29. The van der Waals surface area contributed by atoms with Crippen LogP contribution in [0.2, 0.25) is 0 Å². The molecule has 17 heavy (non-hydrogen) atoms. The van der Waals surface area contributed by atoms with E-state index in [0.717, 1.165) is 12.8 Å². The van der Waals surface area contributed by atoms with Gasteiger partial charge in [0.25, 0.3) is 0 Å². The lowest BCUT2D eigenvalue weighted by Gasteiger charge is -2.32. The average molecular weight is 242 g/mol. The van der Waals surface area contributed by atoms with Crippen LogP contribution in [0, 0.1) is 5.92 Å². The summed E-state index contributed by atoms with van der Waals surface area (Å²) < 4.78 is 4.99. The van der Waals surface area contributed by atoms with Crippen molar-refractivity contribution in [2.24, 2.45) is 5.92 Å². The van der Waals surface area contributed by atoms with Crippen LogP contribution in [0.15, 0.2) is 0 Å². The van der Waals surface area contributed by atoms with Crippen LogP contribution in [0.3, 0.4) is 0 Å². The lowest BCUT2D eigenvalue weighted by Crippen LogP contribution is -2.48. The van der Waals surface area contributed by atoms with E-state index in [1.165, 1.54) is 0 Å². The Balaban J connectivity index is 2.48. The molecule has 1 fully saturated rings. The number of rotatable bonds is 3. The molecule has 1 aliphatic heterocycles. The highest BCUT2D eigenvalue weighted by atomic mass is 16.5. The number of hydrogen-bond donors (Lipinski definition) is 1. The van der Waals surface area contributed by atoms with Gasteiger partial charge in [-0.15, -0.1) is 0 Å².